The summed E-state index contributed by atoms with van der Waals surface area (Å²) in [6, 6.07) is 9.79. The Hall–Kier alpha value is -2.69. The van der Waals surface area contributed by atoms with Crippen LogP contribution in [-0.2, 0) is 6.42 Å². The topological polar surface area (TPSA) is 58.1 Å². The van der Waals surface area contributed by atoms with Gasteiger partial charge in [0.2, 0.25) is 5.95 Å². The summed E-state index contributed by atoms with van der Waals surface area (Å²) in [5, 5.41) is 3.04. The highest BCUT2D eigenvalue weighted by Crippen LogP contribution is 2.28. The highest BCUT2D eigenvalue weighted by atomic mass is 16.2. The molecule has 1 aliphatic rings. The van der Waals surface area contributed by atoms with Crippen LogP contribution in [0.15, 0.2) is 43.0 Å². The first-order valence-electron chi connectivity index (χ1n) is 7.79. The van der Waals surface area contributed by atoms with E-state index in [4.69, 9.17) is 0 Å². The molecular formula is C18H20N4O. The largest absolute Gasteiger partial charge is 0.351 e. The summed E-state index contributed by atoms with van der Waals surface area (Å²) in [4.78, 5) is 23.4. The highest BCUT2D eigenvalue weighted by Gasteiger charge is 2.24. The molecule has 5 heteroatoms. The molecule has 0 radical (unpaired) electrons. The molecule has 0 fully saturated rings. The van der Waals surface area contributed by atoms with E-state index in [1.165, 1.54) is 5.56 Å². The average molecular weight is 308 g/mol. The number of carbonyl (C=O) groups is 1. The van der Waals surface area contributed by atoms with Gasteiger partial charge >= 0.3 is 0 Å². The lowest BCUT2D eigenvalue weighted by Crippen LogP contribution is -2.36. The predicted molar refractivity (Wildman–Crippen MR) is 91.9 cm³/mol. The molecule has 2 heterocycles. The summed E-state index contributed by atoms with van der Waals surface area (Å²) in [6.45, 7) is 6.80. The van der Waals surface area contributed by atoms with Gasteiger partial charge in [-0.2, -0.15) is 0 Å². The van der Waals surface area contributed by atoms with E-state index in [1.807, 2.05) is 30.0 Å². The second kappa shape index (κ2) is 6.60. The summed E-state index contributed by atoms with van der Waals surface area (Å²) >= 11 is 0. The molecule has 0 aliphatic carbocycles. The van der Waals surface area contributed by atoms with Crippen molar-refractivity contribution in [3.8, 4) is 0 Å². The normalized spacial score (nSPS) is 13.3. The number of fused-ring (bicyclic) bond motifs is 1. The average Bonchev–Trinajstić information content (AvgIpc) is 2.58. The number of rotatable bonds is 4. The SMILES string of the molecule is C=CCNc1nc(C)cc(C(=O)N2CCCc3ccccc32)n1. The highest BCUT2D eigenvalue weighted by molar-refractivity contribution is 6.05. The molecule has 0 bridgehead atoms. The lowest BCUT2D eigenvalue weighted by Gasteiger charge is -2.29. The molecule has 1 amide bonds. The van der Waals surface area contributed by atoms with Crippen LogP contribution in [-0.4, -0.2) is 29.0 Å². The fourth-order valence-electron chi connectivity index (χ4n) is 2.80. The van der Waals surface area contributed by atoms with Crippen molar-refractivity contribution in [3.63, 3.8) is 0 Å². The smallest absolute Gasteiger partial charge is 0.277 e. The van der Waals surface area contributed by atoms with Gasteiger partial charge in [0.15, 0.2) is 0 Å². The quantitative estimate of drug-likeness (QED) is 0.882. The summed E-state index contributed by atoms with van der Waals surface area (Å²) in [5.41, 5.74) is 3.38. The minimum atomic E-state index is -0.0793. The number of nitrogens with one attached hydrogen (secondary N) is 1. The van der Waals surface area contributed by atoms with Gasteiger partial charge in [0.1, 0.15) is 5.69 Å². The third-order valence-corrected chi connectivity index (χ3v) is 3.83. The molecule has 0 unspecified atom stereocenters. The zero-order chi connectivity index (χ0) is 16.2. The van der Waals surface area contributed by atoms with Crippen LogP contribution in [0.2, 0.25) is 0 Å². The monoisotopic (exact) mass is 308 g/mol. The number of amides is 1. The molecule has 1 aromatic carbocycles. The Balaban J connectivity index is 1.92. The lowest BCUT2D eigenvalue weighted by molar-refractivity contribution is 0.0980. The molecular weight excluding hydrogens is 288 g/mol. The van der Waals surface area contributed by atoms with Crippen LogP contribution < -0.4 is 10.2 Å². The third kappa shape index (κ3) is 3.23. The van der Waals surface area contributed by atoms with Crippen molar-refractivity contribution in [2.24, 2.45) is 0 Å². The molecule has 1 aromatic heterocycles. The van der Waals surface area contributed by atoms with Gasteiger partial charge in [-0.3, -0.25) is 4.79 Å². The van der Waals surface area contributed by atoms with Gasteiger partial charge in [0.05, 0.1) is 0 Å². The molecule has 118 valence electrons. The standard InChI is InChI=1S/C18H20N4O/c1-3-10-19-18-20-13(2)12-15(21-18)17(23)22-11-6-8-14-7-4-5-9-16(14)22/h3-5,7,9,12H,1,6,8,10-11H2,2H3,(H,19,20,21). The Morgan fingerprint density at radius 2 is 2.22 bits per heavy atom. The lowest BCUT2D eigenvalue weighted by atomic mass is 10.0. The molecule has 1 aliphatic heterocycles. The summed E-state index contributed by atoms with van der Waals surface area (Å²) < 4.78 is 0. The molecule has 0 spiro atoms. The number of aryl methyl sites for hydroxylation is 2. The summed E-state index contributed by atoms with van der Waals surface area (Å²) in [6.07, 6.45) is 3.71. The first-order chi connectivity index (χ1) is 11.2. The van der Waals surface area contributed by atoms with E-state index in [0.717, 1.165) is 24.2 Å². The Labute approximate surface area is 136 Å². The van der Waals surface area contributed by atoms with Crippen molar-refractivity contribution in [3.05, 3.63) is 59.9 Å². The Bertz CT molecular complexity index is 742. The first-order valence-corrected chi connectivity index (χ1v) is 7.79. The van der Waals surface area contributed by atoms with Crippen LogP contribution in [0.1, 0.15) is 28.2 Å². The van der Waals surface area contributed by atoms with Gasteiger partial charge in [0, 0.05) is 24.5 Å². The van der Waals surface area contributed by atoms with Crippen LogP contribution in [0.5, 0.6) is 0 Å². The maximum Gasteiger partial charge on any atom is 0.277 e. The van der Waals surface area contributed by atoms with Crippen LogP contribution in [0.4, 0.5) is 11.6 Å². The third-order valence-electron chi connectivity index (χ3n) is 3.83. The maximum absolute atomic E-state index is 12.9. The van der Waals surface area contributed by atoms with E-state index < -0.39 is 0 Å². The van der Waals surface area contributed by atoms with Crippen molar-refractivity contribution < 1.29 is 4.79 Å². The van der Waals surface area contributed by atoms with Crippen molar-refractivity contribution in [1.29, 1.82) is 0 Å². The number of aromatic nitrogens is 2. The molecule has 2 aromatic rings. The number of hydrogen-bond acceptors (Lipinski definition) is 4. The number of anilines is 2. The van der Waals surface area contributed by atoms with Gasteiger partial charge in [0.25, 0.3) is 5.91 Å². The zero-order valence-corrected chi connectivity index (χ0v) is 13.2. The first kappa shape index (κ1) is 15.2. The number of nitrogens with zero attached hydrogens (tertiary/aromatic N) is 3. The molecule has 23 heavy (non-hydrogen) atoms. The molecule has 1 N–H and O–H groups in total. The van der Waals surface area contributed by atoms with E-state index in [1.54, 1.807) is 12.1 Å². The Morgan fingerprint density at radius 1 is 1.39 bits per heavy atom. The fourth-order valence-corrected chi connectivity index (χ4v) is 2.80. The van der Waals surface area contributed by atoms with Gasteiger partial charge in [-0.25, -0.2) is 9.97 Å². The van der Waals surface area contributed by atoms with Gasteiger partial charge in [-0.1, -0.05) is 24.3 Å². The van der Waals surface area contributed by atoms with Crippen LogP contribution in [0.25, 0.3) is 0 Å². The number of benzene rings is 1. The molecule has 3 rings (SSSR count). The Morgan fingerprint density at radius 3 is 3.04 bits per heavy atom. The maximum atomic E-state index is 12.9. The number of para-hydroxylation sites is 1. The molecule has 0 atom stereocenters. The Kier molecular flexibility index (Phi) is 4.37. The second-order valence-electron chi connectivity index (χ2n) is 5.58. The van der Waals surface area contributed by atoms with E-state index in [2.05, 4.69) is 27.9 Å². The molecule has 5 nitrogen and oxygen atoms in total. The van der Waals surface area contributed by atoms with E-state index in [0.29, 0.717) is 24.7 Å². The molecule has 0 saturated carbocycles. The van der Waals surface area contributed by atoms with Crippen molar-refractivity contribution in [2.45, 2.75) is 19.8 Å². The van der Waals surface area contributed by atoms with Gasteiger partial charge < -0.3 is 10.2 Å². The summed E-state index contributed by atoms with van der Waals surface area (Å²) in [5.74, 6) is 0.378. The van der Waals surface area contributed by atoms with Crippen molar-refractivity contribution >= 4 is 17.5 Å². The second-order valence-corrected chi connectivity index (χ2v) is 5.58. The van der Waals surface area contributed by atoms with Crippen molar-refractivity contribution in [2.75, 3.05) is 23.3 Å². The van der Waals surface area contributed by atoms with E-state index in [-0.39, 0.29) is 5.91 Å². The van der Waals surface area contributed by atoms with Crippen LogP contribution in [0, 0.1) is 6.92 Å². The van der Waals surface area contributed by atoms with Crippen LogP contribution >= 0.6 is 0 Å². The minimum Gasteiger partial charge on any atom is -0.351 e. The minimum absolute atomic E-state index is 0.0793. The molecule has 0 saturated heterocycles. The van der Waals surface area contributed by atoms with Gasteiger partial charge in [-0.15, -0.1) is 6.58 Å². The summed E-state index contributed by atoms with van der Waals surface area (Å²) in [7, 11) is 0. The van der Waals surface area contributed by atoms with E-state index in [9.17, 15) is 4.79 Å². The number of hydrogen-bond donors (Lipinski definition) is 1. The van der Waals surface area contributed by atoms with E-state index >= 15 is 0 Å². The fraction of sp³-hybridized carbons (Fsp3) is 0.278. The van der Waals surface area contributed by atoms with Gasteiger partial charge in [-0.05, 0) is 37.5 Å². The van der Waals surface area contributed by atoms with Crippen LogP contribution in [0.3, 0.4) is 0 Å². The predicted octanol–water partition coefficient (Wildman–Crippen LogP) is 2.98. The zero-order valence-electron chi connectivity index (χ0n) is 13.2. The van der Waals surface area contributed by atoms with Crippen molar-refractivity contribution in [1.82, 2.24) is 9.97 Å². The number of carbonyl (C=O) groups excluding carboxylic acids is 1.